The number of hydrogen-bond donors (Lipinski definition) is 3. The smallest absolute Gasteiger partial charge is 0.407 e. The number of carbonyl (C=O) groups excluding carboxylic acids is 2. The van der Waals surface area contributed by atoms with Crippen LogP contribution in [0.1, 0.15) is 56.1 Å². The second kappa shape index (κ2) is 10.1. The number of nitrogens with one attached hydrogen (secondary N) is 2. The lowest BCUT2D eigenvalue weighted by atomic mass is 9.80. The number of ether oxygens (including phenoxy) is 1. The molecule has 2 amide bonds. The molecule has 0 saturated heterocycles. The van der Waals surface area contributed by atoms with Crippen LogP contribution in [0.25, 0.3) is 11.1 Å². The van der Waals surface area contributed by atoms with E-state index in [9.17, 15) is 14.4 Å². The van der Waals surface area contributed by atoms with Gasteiger partial charge in [-0.3, -0.25) is 9.59 Å². The highest BCUT2D eigenvalue weighted by molar-refractivity contribution is 5.80. The fourth-order valence-corrected chi connectivity index (χ4v) is 4.83. The van der Waals surface area contributed by atoms with Gasteiger partial charge in [-0.05, 0) is 41.5 Å². The van der Waals surface area contributed by atoms with Crippen molar-refractivity contribution in [3.8, 4) is 11.1 Å². The molecule has 0 aromatic heterocycles. The van der Waals surface area contributed by atoms with Crippen LogP contribution in [0.15, 0.2) is 48.5 Å². The van der Waals surface area contributed by atoms with Crippen LogP contribution in [0.5, 0.6) is 0 Å². The van der Waals surface area contributed by atoms with Crippen LogP contribution in [-0.2, 0) is 14.3 Å². The normalized spacial score (nSPS) is 19.5. The third-order valence-corrected chi connectivity index (χ3v) is 6.59. The molecular formula is C26H30N2O5. The minimum Gasteiger partial charge on any atom is -0.481 e. The minimum atomic E-state index is -0.818. The highest BCUT2D eigenvalue weighted by Gasteiger charge is 2.35. The van der Waals surface area contributed by atoms with E-state index in [2.05, 4.69) is 34.9 Å². The van der Waals surface area contributed by atoms with Gasteiger partial charge in [0.15, 0.2) is 0 Å². The lowest BCUT2D eigenvalue weighted by molar-refractivity contribution is -0.146. The second-order valence-corrected chi connectivity index (χ2v) is 8.93. The van der Waals surface area contributed by atoms with Gasteiger partial charge in [-0.2, -0.15) is 0 Å². The molecule has 2 aromatic carbocycles. The van der Waals surface area contributed by atoms with Crippen LogP contribution in [0.4, 0.5) is 4.79 Å². The monoisotopic (exact) mass is 450 g/mol. The van der Waals surface area contributed by atoms with Gasteiger partial charge in [0.1, 0.15) is 6.61 Å². The van der Waals surface area contributed by atoms with Gasteiger partial charge in [0.2, 0.25) is 5.91 Å². The molecule has 0 heterocycles. The zero-order chi connectivity index (χ0) is 23.4. The Hall–Kier alpha value is -3.35. The number of fused-ring (bicyclic) bond motifs is 3. The first-order chi connectivity index (χ1) is 16.0. The summed E-state index contributed by atoms with van der Waals surface area (Å²) >= 11 is 0. The third kappa shape index (κ3) is 5.18. The zero-order valence-electron chi connectivity index (χ0n) is 18.8. The molecule has 4 rings (SSSR count). The van der Waals surface area contributed by atoms with Crippen molar-refractivity contribution in [3.63, 3.8) is 0 Å². The zero-order valence-corrected chi connectivity index (χ0v) is 18.8. The predicted molar refractivity (Wildman–Crippen MR) is 124 cm³/mol. The Kier molecular flexibility index (Phi) is 6.96. The van der Waals surface area contributed by atoms with Crippen LogP contribution in [0.2, 0.25) is 0 Å². The van der Waals surface area contributed by atoms with Gasteiger partial charge < -0.3 is 20.5 Å². The van der Waals surface area contributed by atoms with E-state index < -0.39 is 12.1 Å². The van der Waals surface area contributed by atoms with E-state index in [0.29, 0.717) is 19.3 Å². The molecule has 1 atom stereocenters. The second-order valence-electron chi connectivity index (χ2n) is 8.93. The molecule has 0 unspecified atom stereocenters. The highest BCUT2D eigenvalue weighted by Crippen LogP contribution is 2.44. The van der Waals surface area contributed by atoms with Crippen LogP contribution in [-0.4, -0.2) is 41.8 Å². The molecule has 2 aromatic rings. The van der Waals surface area contributed by atoms with Crippen LogP contribution >= 0.6 is 0 Å². The fraction of sp³-hybridized carbons (Fsp3) is 0.423. The number of rotatable bonds is 9. The molecule has 0 spiro atoms. The van der Waals surface area contributed by atoms with E-state index in [0.717, 1.165) is 17.5 Å². The van der Waals surface area contributed by atoms with Crippen molar-refractivity contribution in [3.05, 3.63) is 59.7 Å². The molecule has 0 aliphatic heterocycles. The number of carboxylic acids is 1. The quantitative estimate of drug-likeness (QED) is 0.534. The Morgan fingerprint density at radius 3 is 2.21 bits per heavy atom. The fourth-order valence-electron chi connectivity index (χ4n) is 4.83. The molecule has 1 fully saturated rings. The summed E-state index contributed by atoms with van der Waals surface area (Å²) in [5.41, 5.74) is 4.64. The van der Waals surface area contributed by atoms with Gasteiger partial charge in [-0.25, -0.2) is 4.79 Å². The first-order valence-electron chi connectivity index (χ1n) is 11.6. The Labute approximate surface area is 193 Å². The van der Waals surface area contributed by atoms with E-state index in [1.165, 1.54) is 11.1 Å². The minimum absolute atomic E-state index is 0.0168. The van der Waals surface area contributed by atoms with Crippen molar-refractivity contribution in [1.82, 2.24) is 10.6 Å². The Morgan fingerprint density at radius 2 is 1.64 bits per heavy atom. The van der Waals surface area contributed by atoms with Crippen molar-refractivity contribution >= 4 is 18.0 Å². The molecule has 0 radical (unpaired) electrons. The molecule has 3 N–H and O–H groups in total. The standard InChI is InChI=1S/C26H30N2O5/c1-2-7-17(14-24(29)27-18-12-16(13-18)25(30)31)28-26(32)33-15-23-21-10-5-3-8-19(21)20-9-4-6-11-22(20)23/h3-6,8-11,16-18,23H,2,7,12-15H2,1H3,(H,27,29)(H,28,32)(H,30,31)/t16?,17-,18?/m0/s1. The summed E-state index contributed by atoms with van der Waals surface area (Å²) in [7, 11) is 0. The van der Waals surface area contributed by atoms with Gasteiger partial charge >= 0.3 is 12.1 Å². The van der Waals surface area contributed by atoms with Crippen molar-refractivity contribution in [2.45, 2.75) is 57.0 Å². The van der Waals surface area contributed by atoms with Crippen molar-refractivity contribution in [2.24, 2.45) is 5.92 Å². The maximum Gasteiger partial charge on any atom is 0.407 e. The molecule has 0 bridgehead atoms. The summed E-state index contributed by atoms with van der Waals surface area (Å²) in [6.07, 6.45) is 1.99. The number of amides is 2. The molecule has 7 heteroatoms. The number of alkyl carbamates (subject to hydrolysis) is 1. The number of hydrogen-bond acceptors (Lipinski definition) is 4. The molecule has 2 aliphatic carbocycles. The van der Waals surface area contributed by atoms with Crippen molar-refractivity contribution in [2.75, 3.05) is 6.61 Å². The molecule has 1 saturated carbocycles. The molecule has 33 heavy (non-hydrogen) atoms. The lowest BCUT2D eigenvalue weighted by Gasteiger charge is -2.33. The summed E-state index contributed by atoms with van der Waals surface area (Å²) in [5.74, 6) is -1.39. The number of aliphatic carboxylic acids is 1. The van der Waals surface area contributed by atoms with E-state index in [1.54, 1.807) is 0 Å². The van der Waals surface area contributed by atoms with Crippen molar-refractivity contribution < 1.29 is 24.2 Å². The van der Waals surface area contributed by atoms with Gasteiger partial charge in [0.25, 0.3) is 0 Å². The third-order valence-electron chi connectivity index (χ3n) is 6.59. The van der Waals surface area contributed by atoms with Gasteiger partial charge in [0, 0.05) is 24.4 Å². The maximum atomic E-state index is 12.6. The Morgan fingerprint density at radius 1 is 1.03 bits per heavy atom. The highest BCUT2D eigenvalue weighted by atomic mass is 16.5. The van der Waals surface area contributed by atoms with E-state index in [4.69, 9.17) is 9.84 Å². The van der Waals surface area contributed by atoms with Crippen molar-refractivity contribution in [1.29, 1.82) is 0 Å². The largest absolute Gasteiger partial charge is 0.481 e. The van der Waals surface area contributed by atoms with Gasteiger partial charge in [-0.1, -0.05) is 61.9 Å². The Balaban J connectivity index is 1.30. The average molecular weight is 451 g/mol. The maximum absolute atomic E-state index is 12.6. The number of carbonyl (C=O) groups is 3. The van der Waals surface area contributed by atoms with E-state index in [-0.39, 0.29) is 42.9 Å². The lowest BCUT2D eigenvalue weighted by Crippen LogP contribution is -2.48. The SMILES string of the molecule is CCC[C@@H](CC(=O)NC1CC(C(=O)O)C1)NC(=O)OCC1c2ccccc2-c2ccccc21. The van der Waals surface area contributed by atoms with Crippen LogP contribution in [0.3, 0.4) is 0 Å². The summed E-state index contributed by atoms with van der Waals surface area (Å²) in [6.45, 7) is 2.22. The topological polar surface area (TPSA) is 105 Å². The molecule has 174 valence electrons. The van der Waals surface area contributed by atoms with Gasteiger partial charge in [0.05, 0.1) is 5.92 Å². The first kappa shape index (κ1) is 22.8. The predicted octanol–water partition coefficient (Wildman–Crippen LogP) is 4.06. The molecular weight excluding hydrogens is 420 g/mol. The van der Waals surface area contributed by atoms with Crippen LogP contribution in [0, 0.1) is 5.92 Å². The average Bonchev–Trinajstić information content (AvgIpc) is 3.08. The number of benzene rings is 2. The summed E-state index contributed by atoms with van der Waals surface area (Å²) in [6, 6.07) is 15.9. The van der Waals surface area contributed by atoms with E-state index in [1.807, 2.05) is 31.2 Å². The molecule has 2 aliphatic rings. The van der Waals surface area contributed by atoms with Gasteiger partial charge in [-0.15, -0.1) is 0 Å². The van der Waals surface area contributed by atoms with Crippen LogP contribution < -0.4 is 10.6 Å². The molecule has 7 nitrogen and oxygen atoms in total. The van der Waals surface area contributed by atoms with E-state index >= 15 is 0 Å². The summed E-state index contributed by atoms with van der Waals surface area (Å²) in [5, 5.41) is 14.7. The summed E-state index contributed by atoms with van der Waals surface area (Å²) in [4.78, 5) is 35.9. The summed E-state index contributed by atoms with van der Waals surface area (Å²) < 4.78 is 5.60. The number of carboxylic acid groups (broad SMARTS) is 1. The Bertz CT molecular complexity index is 985. The first-order valence-corrected chi connectivity index (χ1v) is 11.6.